The summed E-state index contributed by atoms with van der Waals surface area (Å²) in [7, 11) is 0. The second kappa shape index (κ2) is 6.43. The van der Waals surface area contributed by atoms with Crippen LogP contribution in [0.25, 0.3) is 0 Å². The van der Waals surface area contributed by atoms with E-state index in [-0.39, 0.29) is 12.6 Å². The van der Waals surface area contributed by atoms with Crippen molar-refractivity contribution in [1.29, 1.82) is 0 Å². The highest BCUT2D eigenvalue weighted by molar-refractivity contribution is 5.27. The maximum Gasteiger partial charge on any atom is 0.119 e. The zero-order chi connectivity index (χ0) is 11.1. The molecule has 3 heteroatoms. The van der Waals surface area contributed by atoms with E-state index < -0.39 is 0 Å². The second-order valence-corrected chi connectivity index (χ2v) is 3.54. The van der Waals surface area contributed by atoms with Crippen molar-refractivity contribution in [3.8, 4) is 5.75 Å². The van der Waals surface area contributed by atoms with Gasteiger partial charge in [-0.3, -0.25) is 0 Å². The van der Waals surface area contributed by atoms with Gasteiger partial charge in [0.15, 0.2) is 0 Å². The van der Waals surface area contributed by atoms with Crippen molar-refractivity contribution >= 4 is 0 Å². The average Bonchev–Trinajstić information content (AvgIpc) is 2.28. The van der Waals surface area contributed by atoms with E-state index in [2.05, 4.69) is 5.32 Å². The van der Waals surface area contributed by atoms with Gasteiger partial charge in [0.05, 0.1) is 13.2 Å². The maximum atomic E-state index is 8.84. The third-order valence-electron chi connectivity index (χ3n) is 2.16. The molecule has 0 aliphatic heterocycles. The van der Waals surface area contributed by atoms with Gasteiger partial charge >= 0.3 is 0 Å². The summed E-state index contributed by atoms with van der Waals surface area (Å²) in [6.07, 6.45) is 0. The van der Waals surface area contributed by atoms with Gasteiger partial charge in [-0.15, -0.1) is 0 Å². The van der Waals surface area contributed by atoms with Crippen molar-refractivity contribution in [2.45, 2.75) is 26.4 Å². The number of aliphatic hydroxyl groups excluding tert-OH is 1. The van der Waals surface area contributed by atoms with Crippen molar-refractivity contribution in [3.63, 3.8) is 0 Å². The van der Waals surface area contributed by atoms with E-state index in [1.807, 2.05) is 38.1 Å². The van der Waals surface area contributed by atoms with E-state index >= 15 is 0 Å². The molecule has 0 fully saturated rings. The zero-order valence-electron chi connectivity index (χ0n) is 9.36. The molecular weight excluding hydrogens is 190 g/mol. The maximum absolute atomic E-state index is 8.84. The number of hydrogen-bond donors (Lipinski definition) is 2. The van der Waals surface area contributed by atoms with Crippen molar-refractivity contribution in [2.24, 2.45) is 0 Å². The molecule has 1 aromatic carbocycles. The Morgan fingerprint density at radius 2 is 2.00 bits per heavy atom. The summed E-state index contributed by atoms with van der Waals surface area (Å²) in [4.78, 5) is 0. The van der Waals surface area contributed by atoms with Gasteiger partial charge in [-0.2, -0.15) is 0 Å². The molecule has 0 aliphatic carbocycles. The molecule has 0 bridgehead atoms. The van der Waals surface area contributed by atoms with Crippen LogP contribution in [0, 0.1) is 0 Å². The highest BCUT2D eigenvalue weighted by Gasteiger charge is 1.99. The van der Waals surface area contributed by atoms with Crippen LogP contribution in [0.4, 0.5) is 0 Å². The molecule has 2 N–H and O–H groups in total. The van der Waals surface area contributed by atoms with Crippen LogP contribution in [0.5, 0.6) is 5.75 Å². The normalized spacial score (nSPS) is 12.5. The molecular formula is C12H19NO2. The first-order valence-electron chi connectivity index (χ1n) is 5.32. The van der Waals surface area contributed by atoms with E-state index in [4.69, 9.17) is 9.84 Å². The molecule has 0 spiro atoms. The Bertz CT molecular complexity index is 271. The summed E-state index contributed by atoms with van der Waals surface area (Å²) in [5, 5.41) is 12.1. The van der Waals surface area contributed by atoms with Crippen molar-refractivity contribution in [1.82, 2.24) is 5.32 Å². The summed E-state index contributed by atoms with van der Waals surface area (Å²) in [5.74, 6) is 0.899. The molecule has 84 valence electrons. The van der Waals surface area contributed by atoms with E-state index in [0.717, 1.165) is 12.3 Å². The molecule has 1 atom stereocenters. The Morgan fingerprint density at radius 3 is 2.53 bits per heavy atom. The van der Waals surface area contributed by atoms with Gasteiger partial charge in [-0.1, -0.05) is 12.1 Å². The molecule has 1 aromatic rings. The third kappa shape index (κ3) is 4.32. The average molecular weight is 209 g/mol. The summed E-state index contributed by atoms with van der Waals surface area (Å²) in [6.45, 7) is 5.55. The molecule has 0 saturated heterocycles. The number of nitrogens with one attached hydrogen (secondary N) is 1. The Morgan fingerprint density at radius 1 is 1.33 bits per heavy atom. The Hall–Kier alpha value is -1.06. The quantitative estimate of drug-likeness (QED) is 0.747. The van der Waals surface area contributed by atoms with Crippen LogP contribution in [0.1, 0.15) is 19.4 Å². The number of aliphatic hydroxyl groups is 1. The van der Waals surface area contributed by atoms with Crippen LogP contribution in [0.2, 0.25) is 0 Å². The largest absolute Gasteiger partial charge is 0.494 e. The molecule has 3 nitrogen and oxygen atoms in total. The van der Waals surface area contributed by atoms with Crippen LogP contribution in [-0.4, -0.2) is 24.4 Å². The lowest BCUT2D eigenvalue weighted by Gasteiger charge is -2.10. The van der Waals surface area contributed by atoms with Gasteiger partial charge in [0.2, 0.25) is 0 Å². The molecule has 0 saturated carbocycles. The fourth-order valence-corrected chi connectivity index (χ4v) is 1.23. The van der Waals surface area contributed by atoms with E-state index in [1.54, 1.807) is 0 Å². The van der Waals surface area contributed by atoms with E-state index in [9.17, 15) is 0 Å². The van der Waals surface area contributed by atoms with E-state index in [0.29, 0.717) is 6.61 Å². The minimum absolute atomic E-state index is 0.136. The van der Waals surface area contributed by atoms with Crippen LogP contribution in [0.3, 0.4) is 0 Å². The van der Waals surface area contributed by atoms with Gasteiger partial charge in [-0.25, -0.2) is 0 Å². The summed E-state index contributed by atoms with van der Waals surface area (Å²) in [6, 6.07) is 8.12. The number of benzene rings is 1. The van der Waals surface area contributed by atoms with Gasteiger partial charge in [0.25, 0.3) is 0 Å². The Labute approximate surface area is 91.1 Å². The lowest BCUT2D eigenvalue weighted by atomic mass is 10.2. The molecule has 1 unspecified atom stereocenters. The third-order valence-corrected chi connectivity index (χ3v) is 2.16. The lowest BCUT2D eigenvalue weighted by Crippen LogP contribution is -2.28. The molecule has 0 aliphatic rings. The number of ether oxygens (including phenoxy) is 1. The fraction of sp³-hybridized carbons (Fsp3) is 0.500. The predicted octanol–water partition coefficient (Wildman–Crippen LogP) is 1.56. The summed E-state index contributed by atoms with van der Waals surface area (Å²) >= 11 is 0. The van der Waals surface area contributed by atoms with Crippen LogP contribution < -0.4 is 10.1 Å². The zero-order valence-corrected chi connectivity index (χ0v) is 9.36. The molecule has 0 aromatic heterocycles. The fourth-order valence-electron chi connectivity index (χ4n) is 1.23. The van der Waals surface area contributed by atoms with Crippen LogP contribution in [-0.2, 0) is 6.54 Å². The van der Waals surface area contributed by atoms with Crippen molar-refractivity contribution < 1.29 is 9.84 Å². The second-order valence-electron chi connectivity index (χ2n) is 3.54. The first kappa shape index (κ1) is 12.0. The molecule has 15 heavy (non-hydrogen) atoms. The molecule has 0 heterocycles. The van der Waals surface area contributed by atoms with Crippen molar-refractivity contribution in [3.05, 3.63) is 29.8 Å². The lowest BCUT2D eigenvalue weighted by molar-refractivity contribution is 0.251. The molecule has 0 amide bonds. The first-order valence-corrected chi connectivity index (χ1v) is 5.32. The standard InChI is InChI=1S/C12H19NO2/c1-3-15-12-6-4-11(5-7-12)8-13-10(2)9-14/h4-7,10,13-14H,3,8-9H2,1-2H3. The monoisotopic (exact) mass is 209 g/mol. The Kier molecular flexibility index (Phi) is 5.15. The predicted molar refractivity (Wildman–Crippen MR) is 61.0 cm³/mol. The van der Waals surface area contributed by atoms with Gasteiger partial charge in [0.1, 0.15) is 5.75 Å². The highest BCUT2D eigenvalue weighted by atomic mass is 16.5. The van der Waals surface area contributed by atoms with E-state index in [1.165, 1.54) is 5.56 Å². The minimum Gasteiger partial charge on any atom is -0.494 e. The van der Waals surface area contributed by atoms with Crippen LogP contribution >= 0.6 is 0 Å². The smallest absolute Gasteiger partial charge is 0.119 e. The van der Waals surface area contributed by atoms with Gasteiger partial charge in [-0.05, 0) is 31.5 Å². The first-order chi connectivity index (χ1) is 7.26. The van der Waals surface area contributed by atoms with Crippen molar-refractivity contribution in [2.75, 3.05) is 13.2 Å². The Balaban J connectivity index is 2.42. The van der Waals surface area contributed by atoms with Gasteiger partial charge in [0, 0.05) is 12.6 Å². The van der Waals surface area contributed by atoms with Gasteiger partial charge < -0.3 is 15.2 Å². The topological polar surface area (TPSA) is 41.5 Å². The summed E-state index contributed by atoms with van der Waals surface area (Å²) in [5.41, 5.74) is 1.19. The number of rotatable bonds is 6. The SMILES string of the molecule is CCOc1ccc(CNC(C)CO)cc1. The highest BCUT2D eigenvalue weighted by Crippen LogP contribution is 2.11. The molecule has 0 radical (unpaired) electrons. The van der Waals surface area contributed by atoms with Crippen LogP contribution in [0.15, 0.2) is 24.3 Å². The number of hydrogen-bond acceptors (Lipinski definition) is 3. The summed E-state index contributed by atoms with van der Waals surface area (Å²) < 4.78 is 5.35. The minimum atomic E-state index is 0.136. The molecule has 1 rings (SSSR count).